The number of imidazole rings is 1. The minimum Gasteiger partial charge on any atom is -0.352 e. The Morgan fingerprint density at radius 1 is 1.17 bits per heavy atom. The number of aryl methyl sites for hydroxylation is 1. The maximum absolute atomic E-state index is 12.6. The fourth-order valence-electron chi connectivity index (χ4n) is 4.42. The number of hydrogen-bond acceptors (Lipinski definition) is 5. The average Bonchev–Trinajstić information content (AvgIpc) is 3.49. The lowest BCUT2D eigenvalue weighted by Gasteiger charge is -2.36. The number of carbonyl (C=O) groups is 1. The van der Waals surface area contributed by atoms with E-state index in [-0.39, 0.29) is 5.91 Å². The summed E-state index contributed by atoms with van der Waals surface area (Å²) in [5.74, 6) is 0.906. The minimum absolute atomic E-state index is 0.0161. The predicted molar refractivity (Wildman–Crippen MR) is 117 cm³/mol. The van der Waals surface area contributed by atoms with Crippen LogP contribution in [0.3, 0.4) is 0 Å². The normalized spacial score (nSPS) is 19.3. The molecule has 1 unspecified atom stereocenters. The van der Waals surface area contributed by atoms with Crippen molar-refractivity contribution in [1.82, 2.24) is 24.8 Å². The van der Waals surface area contributed by atoms with Gasteiger partial charge in [-0.25, -0.2) is 15.0 Å². The number of aromatic nitrogens is 4. The van der Waals surface area contributed by atoms with Crippen LogP contribution in [0.1, 0.15) is 61.4 Å². The van der Waals surface area contributed by atoms with E-state index in [9.17, 15) is 4.79 Å². The topological polar surface area (TPSA) is 75.9 Å². The zero-order valence-corrected chi connectivity index (χ0v) is 17.6. The van der Waals surface area contributed by atoms with Crippen molar-refractivity contribution in [2.75, 3.05) is 11.4 Å². The van der Waals surface area contributed by atoms with Crippen molar-refractivity contribution in [2.45, 2.75) is 64.5 Å². The Labute approximate surface area is 176 Å². The number of hydrogen-bond donors (Lipinski definition) is 1. The van der Waals surface area contributed by atoms with Crippen molar-refractivity contribution in [3.8, 4) is 5.69 Å². The molecule has 1 amide bonds. The molecule has 5 rings (SSSR count). The highest BCUT2D eigenvalue weighted by Gasteiger charge is 2.26. The number of fused-ring (bicyclic) bond motifs is 1. The second-order valence-electron chi connectivity index (χ2n) is 8.48. The molecule has 1 N–H and O–H groups in total. The van der Waals surface area contributed by atoms with Crippen LogP contribution in [0.5, 0.6) is 0 Å². The second kappa shape index (κ2) is 7.70. The van der Waals surface area contributed by atoms with E-state index in [0.29, 0.717) is 17.6 Å². The van der Waals surface area contributed by atoms with E-state index in [1.54, 1.807) is 12.7 Å². The highest BCUT2D eigenvalue weighted by molar-refractivity contribution is 5.95. The van der Waals surface area contributed by atoms with Gasteiger partial charge in [-0.2, -0.15) is 0 Å². The molecular weight excluding hydrogens is 376 g/mol. The molecule has 1 aliphatic carbocycles. The molecule has 7 heteroatoms. The molecule has 1 saturated heterocycles. The summed E-state index contributed by atoms with van der Waals surface area (Å²) in [6.45, 7) is 5.29. The van der Waals surface area contributed by atoms with Gasteiger partial charge in [0.25, 0.3) is 5.91 Å². The molecule has 1 saturated carbocycles. The van der Waals surface area contributed by atoms with Crippen molar-refractivity contribution in [3.63, 3.8) is 0 Å². The monoisotopic (exact) mass is 404 g/mol. The lowest BCUT2D eigenvalue weighted by atomic mass is 10.00. The summed E-state index contributed by atoms with van der Waals surface area (Å²) in [7, 11) is 0. The van der Waals surface area contributed by atoms with Crippen LogP contribution < -0.4 is 10.2 Å². The number of piperidine rings is 1. The Kier molecular flexibility index (Phi) is 4.89. The number of anilines is 1. The molecular formula is C23H28N6O. The van der Waals surface area contributed by atoms with E-state index in [1.807, 2.05) is 29.7 Å². The van der Waals surface area contributed by atoms with Crippen LogP contribution in [0.2, 0.25) is 0 Å². The van der Waals surface area contributed by atoms with E-state index in [2.05, 4.69) is 27.1 Å². The van der Waals surface area contributed by atoms with Crippen molar-refractivity contribution >= 4 is 22.9 Å². The van der Waals surface area contributed by atoms with Gasteiger partial charge in [-0.1, -0.05) is 13.0 Å². The van der Waals surface area contributed by atoms with Crippen molar-refractivity contribution in [1.29, 1.82) is 0 Å². The van der Waals surface area contributed by atoms with Crippen molar-refractivity contribution in [2.24, 2.45) is 0 Å². The van der Waals surface area contributed by atoms with Gasteiger partial charge >= 0.3 is 0 Å². The molecule has 2 fully saturated rings. The van der Waals surface area contributed by atoms with Gasteiger partial charge in [0.05, 0.1) is 5.69 Å². The fraction of sp³-hybridized carbons (Fsp3) is 0.478. The van der Waals surface area contributed by atoms with E-state index < -0.39 is 0 Å². The molecule has 0 bridgehead atoms. The van der Waals surface area contributed by atoms with E-state index in [0.717, 1.165) is 54.0 Å². The quantitative estimate of drug-likeness (QED) is 0.700. The Balaban J connectivity index is 1.55. The first-order valence-electron chi connectivity index (χ1n) is 11.0. The van der Waals surface area contributed by atoms with Crippen LogP contribution in [-0.2, 0) is 0 Å². The van der Waals surface area contributed by atoms with Gasteiger partial charge in [0.1, 0.15) is 12.7 Å². The fourth-order valence-corrected chi connectivity index (χ4v) is 4.42. The molecule has 0 radical (unpaired) electrons. The molecule has 1 atom stereocenters. The van der Waals surface area contributed by atoms with Crippen LogP contribution in [0.4, 0.5) is 5.82 Å². The third-order valence-electron chi connectivity index (χ3n) is 6.33. The Morgan fingerprint density at radius 3 is 2.83 bits per heavy atom. The van der Waals surface area contributed by atoms with Crippen molar-refractivity contribution < 1.29 is 4.79 Å². The smallest absolute Gasteiger partial charge is 0.251 e. The molecule has 1 aromatic carbocycles. The molecule has 0 spiro atoms. The number of amides is 1. The molecule has 3 heterocycles. The third kappa shape index (κ3) is 3.42. The zero-order valence-electron chi connectivity index (χ0n) is 17.6. The lowest BCUT2D eigenvalue weighted by molar-refractivity contribution is 0.0951. The van der Waals surface area contributed by atoms with Gasteiger partial charge in [0.15, 0.2) is 17.0 Å². The summed E-state index contributed by atoms with van der Waals surface area (Å²) in [6, 6.07) is 6.64. The molecule has 7 nitrogen and oxygen atoms in total. The Bertz CT molecular complexity index is 1090. The molecule has 3 aromatic rings. The first-order valence-corrected chi connectivity index (χ1v) is 11.0. The minimum atomic E-state index is -0.0161. The number of nitrogens with one attached hydrogen (secondary N) is 1. The Morgan fingerprint density at radius 2 is 2.03 bits per heavy atom. The van der Waals surface area contributed by atoms with Crippen LogP contribution in [0.25, 0.3) is 16.9 Å². The van der Waals surface area contributed by atoms with Gasteiger partial charge in [0.2, 0.25) is 0 Å². The van der Waals surface area contributed by atoms with Gasteiger partial charge in [0, 0.05) is 24.2 Å². The number of carbonyl (C=O) groups excluding carboxylic acids is 1. The standard InChI is InChI=1S/C23H28N6O/c1-3-18-6-4-5-11-28(18)21-20-22(25-13-24-21)29(14-26-20)19-12-16(8-7-15(19)2)23(30)27-17-9-10-17/h7-8,12-14,17-18H,3-6,9-11H2,1-2H3,(H,27,30). The molecule has 1 aliphatic heterocycles. The summed E-state index contributed by atoms with van der Waals surface area (Å²) in [5.41, 5.74) is 4.27. The van der Waals surface area contributed by atoms with Crippen molar-refractivity contribution in [3.05, 3.63) is 42.0 Å². The first kappa shape index (κ1) is 19.0. The van der Waals surface area contributed by atoms with E-state index in [4.69, 9.17) is 4.98 Å². The van der Waals surface area contributed by atoms with Gasteiger partial charge < -0.3 is 10.2 Å². The number of rotatable bonds is 5. The zero-order chi connectivity index (χ0) is 20.7. The third-order valence-corrected chi connectivity index (χ3v) is 6.33. The highest BCUT2D eigenvalue weighted by atomic mass is 16.1. The average molecular weight is 405 g/mol. The number of benzene rings is 1. The van der Waals surface area contributed by atoms with E-state index >= 15 is 0 Å². The summed E-state index contributed by atoms with van der Waals surface area (Å²) >= 11 is 0. The molecule has 2 aliphatic rings. The van der Waals surface area contributed by atoms with Crippen LogP contribution in [0, 0.1) is 6.92 Å². The lowest BCUT2D eigenvalue weighted by Crippen LogP contribution is -2.39. The van der Waals surface area contributed by atoms with E-state index in [1.165, 1.54) is 19.3 Å². The molecule has 2 aromatic heterocycles. The van der Waals surface area contributed by atoms with Crippen LogP contribution in [0.15, 0.2) is 30.9 Å². The summed E-state index contributed by atoms with van der Waals surface area (Å²) in [5, 5.41) is 3.07. The second-order valence-corrected chi connectivity index (χ2v) is 8.48. The maximum Gasteiger partial charge on any atom is 0.251 e. The van der Waals surface area contributed by atoms with Gasteiger partial charge in [-0.15, -0.1) is 0 Å². The van der Waals surface area contributed by atoms with Crippen LogP contribution >= 0.6 is 0 Å². The molecule has 30 heavy (non-hydrogen) atoms. The van der Waals surface area contributed by atoms with Gasteiger partial charge in [-0.05, 0) is 63.1 Å². The summed E-state index contributed by atoms with van der Waals surface area (Å²) < 4.78 is 1.98. The maximum atomic E-state index is 12.6. The summed E-state index contributed by atoms with van der Waals surface area (Å²) in [4.78, 5) is 28.8. The predicted octanol–water partition coefficient (Wildman–Crippen LogP) is 3.79. The first-order chi connectivity index (χ1) is 14.7. The molecule has 156 valence electrons. The van der Waals surface area contributed by atoms with Gasteiger partial charge in [-0.3, -0.25) is 9.36 Å². The van der Waals surface area contributed by atoms with Crippen LogP contribution in [-0.4, -0.2) is 44.1 Å². The largest absolute Gasteiger partial charge is 0.352 e. The number of nitrogens with zero attached hydrogens (tertiary/aromatic N) is 5. The highest BCUT2D eigenvalue weighted by Crippen LogP contribution is 2.31. The Hall–Kier alpha value is -2.96. The SMILES string of the molecule is CCC1CCCCN1c1ncnc2c1ncn2-c1cc(C(=O)NC2CC2)ccc1C. The summed E-state index contributed by atoms with van der Waals surface area (Å²) in [6.07, 6.45) is 10.3.